The highest BCUT2D eigenvalue weighted by Crippen LogP contribution is 2.25. The fourth-order valence-electron chi connectivity index (χ4n) is 3.32. The smallest absolute Gasteiger partial charge is 0.319 e. The zero-order valence-corrected chi connectivity index (χ0v) is 19.4. The summed E-state index contributed by atoms with van der Waals surface area (Å²) in [5, 5.41) is 0. The van der Waals surface area contributed by atoms with Gasteiger partial charge in [-0.3, -0.25) is 4.57 Å². The first-order valence-corrected chi connectivity index (χ1v) is 13.2. The lowest BCUT2D eigenvalue weighted by Crippen LogP contribution is -1.97. The quantitative estimate of drug-likeness (QED) is 0.140. The summed E-state index contributed by atoms with van der Waals surface area (Å²) in [6.07, 6.45) is 22.1. The van der Waals surface area contributed by atoms with Crippen molar-refractivity contribution < 1.29 is 13.6 Å². The second-order valence-electron chi connectivity index (χ2n) is 7.89. The molecule has 0 radical (unpaired) electrons. The van der Waals surface area contributed by atoms with Gasteiger partial charge in [0.2, 0.25) is 0 Å². The number of rotatable bonds is 24. The molecule has 0 atom stereocenters. The third-order valence-corrected chi connectivity index (χ3v) is 6.02. The summed E-state index contributed by atoms with van der Waals surface area (Å²) in [6, 6.07) is 0. The fourth-order valence-corrected chi connectivity index (χ4v) is 4.03. The summed E-state index contributed by atoms with van der Waals surface area (Å²) >= 11 is 0. The number of hydrogen-bond donors (Lipinski definition) is 2. The van der Waals surface area contributed by atoms with Gasteiger partial charge in [0.05, 0.1) is 13.2 Å². The molecule has 0 aromatic rings. The standard InChI is InChI=1S/C22H49N2O3P/c23-19-15-11-7-3-1-5-9-13-17-21-26-28(25)27-22-18-14-10-6-2-4-8-12-16-20-24/h28H,1-24H2. The van der Waals surface area contributed by atoms with Gasteiger partial charge in [-0.25, -0.2) is 0 Å². The zero-order chi connectivity index (χ0) is 20.5. The average Bonchev–Trinajstić information content (AvgIpc) is 2.70. The maximum absolute atomic E-state index is 11.7. The van der Waals surface area contributed by atoms with Crippen LogP contribution in [0.4, 0.5) is 0 Å². The van der Waals surface area contributed by atoms with E-state index in [0.717, 1.165) is 51.6 Å². The second-order valence-corrected chi connectivity index (χ2v) is 8.97. The average molecular weight is 421 g/mol. The second kappa shape index (κ2) is 25.1. The molecule has 0 aromatic carbocycles. The maximum Gasteiger partial charge on any atom is 0.319 e. The molecule has 0 bridgehead atoms. The van der Waals surface area contributed by atoms with Crippen LogP contribution in [0.3, 0.4) is 0 Å². The van der Waals surface area contributed by atoms with E-state index in [-0.39, 0.29) is 0 Å². The van der Waals surface area contributed by atoms with Crippen LogP contribution in [0.1, 0.15) is 116 Å². The molecule has 170 valence electrons. The van der Waals surface area contributed by atoms with Gasteiger partial charge in [0.1, 0.15) is 0 Å². The lowest BCUT2D eigenvalue weighted by Gasteiger charge is -2.06. The topological polar surface area (TPSA) is 87.6 Å². The van der Waals surface area contributed by atoms with Crippen LogP contribution in [0.2, 0.25) is 0 Å². The van der Waals surface area contributed by atoms with E-state index in [9.17, 15) is 4.57 Å². The van der Waals surface area contributed by atoms with Crippen LogP contribution in [-0.2, 0) is 13.6 Å². The highest BCUT2D eigenvalue weighted by Gasteiger charge is 2.00. The molecule has 0 aromatic heterocycles. The first-order valence-electron chi connectivity index (χ1n) is 12.0. The van der Waals surface area contributed by atoms with Crippen LogP contribution in [0.25, 0.3) is 0 Å². The van der Waals surface area contributed by atoms with E-state index in [0.29, 0.717) is 13.2 Å². The Balaban J connectivity index is 3.13. The number of unbranched alkanes of at least 4 members (excludes halogenated alkanes) is 16. The van der Waals surface area contributed by atoms with Gasteiger partial charge in [0.15, 0.2) is 0 Å². The van der Waals surface area contributed by atoms with E-state index in [4.69, 9.17) is 20.5 Å². The Hall–Kier alpha value is 0.0700. The number of hydrogen-bond acceptors (Lipinski definition) is 5. The van der Waals surface area contributed by atoms with Gasteiger partial charge in [-0.15, -0.1) is 0 Å². The Morgan fingerprint density at radius 3 is 0.964 bits per heavy atom. The van der Waals surface area contributed by atoms with E-state index in [1.807, 2.05) is 0 Å². The van der Waals surface area contributed by atoms with E-state index in [1.54, 1.807) is 0 Å². The Morgan fingerprint density at radius 2 is 0.679 bits per heavy atom. The van der Waals surface area contributed by atoms with Crippen molar-refractivity contribution in [2.24, 2.45) is 11.5 Å². The lowest BCUT2D eigenvalue weighted by atomic mass is 10.1. The van der Waals surface area contributed by atoms with E-state index in [1.165, 1.54) is 77.0 Å². The molecular weight excluding hydrogens is 371 g/mol. The Labute approximate surface area is 175 Å². The third-order valence-electron chi connectivity index (χ3n) is 5.14. The molecule has 0 rings (SSSR count). The van der Waals surface area contributed by atoms with Crippen LogP contribution in [0, 0.1) is 0 Å². The van der Waals surface area contributed by atoms with Gasteiger partial charge in [-0.1, -0.05) is 89.9 Å². The largest absolute Gasteiger partial charge is 0.330 e. The predicted molar refractivity (Wildman–Crippen MR) is 122 cm³/mol. The molecule has 0 saturated carbocycles. The van der Waals surface area contributed by atoms with Crippen LogP contribution >= 0.6 is 8.25 Å². The molecule has 0 heterocycles. The monoisotopic (exact) mass is 420 g/mol. The molecule has 0 saturated heterocycles. The molecule has 0 aliphatic rings. The Morgan fingerprint density at radius 1 is 0.429 bits per heavy atom. The summed E-state index contributed by atoms with van der Waals surface area (Å²) in [5.41, 5.74) is 11.0. The highest BCUT2D eigenvalue weighted by atomic mass is 31.1. The van der Waals surface area contributed by atoms with Gasteiger partial charge in [-0.05, 0) is 38.8 Å². The minimum absolute atomic E-state index is 0.568. The summed E-state index contributed by atoms with van der Waals surface area (Å²) in [6.45, 7) is 2.78. The molecule has 6 heteroatoms. The summed E-state index contributed by atoms with van der Waals surface area (Å²) in [7, 11) is -2.28. The van der Waals surface area contributed by atoms with Crippen LogP contribution < -0.4 is 11.5 Å². The Bertz CT molecular complexity index is 292. The molecule has 0 aliphatic carbocycles. The molecule has 0 amide bonds. The van der Waals surface area contributed by atoms with Gasteiger partial charge in [0.25, 0.3) is 0 Å². The molecule has 0 spiro atoms. The molecule has 0 unspecified atom stereocenters. The van der Waals surface area contributed by atoms with E-state index in [2.05, 4.69) is 0 Å². The van der Waals surface area contributed by atoms with Gasteiger partial charge in [0, 0.05) is 0 Å². The maximum atomic E-state index is 11.7. The van der Waals surface area contributed by atoms with Crippen LogP contribution in [-0.4, -0.2) is 26.3 Å². The Kier molecular flexibility index (Phi) is 25.2. The third kappa shape index (κ3) is 24.1. The summed E-state index contributed by atoms with van der Waals surface area (Å²) < 4.78 is 22.3. The SMILES string of the molecule is NCCCCCCCCCCCO[PH](=O)OCCCCCCCCCCCN. The fraction of sp³-hybridized carbons (Fsp3) is 1.00. The van der Waals surface area contributed by atoms with E-state index < -0.39 is 8.25 Å². The molecule has 5 nitrogen and oxygen atoms in total. The van der Waals surface area contributed by atoms with Crippen molar-refractivity contribution >= 4 is 8.25 Å². The number of nitrogens with two attached hydrogens (primary N) is 2. The van der Waals surface area contributed by atoms with Crippen molar-refractivity contribution in [3.05, 3.63) is 0 Å². The van der Waals surface area contributed by atoms with Crippen molar-refractivity contribution in [2.45, 2.75) is 116 Å². The first kappa shape index (κ1) is 28.1. The van der Waals surface area contributed by atoms with Gasteiger partial charge >= 0.3 is 8.25 Å². The van der Waals surface area contributed by atoms with Crippen molar-refractivity contribution in [2.75, 3.05) is 26.3 Å². The van der Waals surface area contributed by atoms with Gasteiger partial charge in [-0.2, -0.15) is 0 Å². The molecule has 0 fully saturated rings. The zero-order valence-electron chi connectivity index (χ0n) is 18.4. The van der Waals surface area contributed by atoms with Crippen molar-refractivity contribution in [1.29, 1.82) is 0 Å². The van der Waals surface area contributed by atoms with Crippen LogP contribution in [0.15, 0.2) is 0 Å². The normalized spacial score (nSPS) is 11.5. The summed E-state index contributed by atoms with van der Waals surface area (Å²) in [4.78, 5) is 0. The lowest BCUT2D eigenvalue weighted by molar-refractivity contribution is 0.218. The van der Waals surface area contributed by atoms with Gasteiger partial charge < -0.3 is 20.5 Å². The minimum Gasteiger partial charge on any atom is -0.330 e. The first-order chi connectivity index (χ1) is 13.8. The molecule has 0 aliphatic heterocycles. The minimum atomic E-state index is -2.28. The van der Waals surface area contributed by atoms with Crippen molar-refractivity contribution in [1.82, 2.24) is 0 Å². The van der Waals surface area contributed by atoms with E-state index >= 15 is 0 Å². The van der Waals surface area contributed by atoms with Crippen LogP contribution in [0.5, 0.6) is 0 Å². The highest BCUT2D eigenvalue weighted by molar-refractivity contribution is 7.33. The van der Waals surface area contributed by atoms with Crippen molar-refractivity contribution in [3.8, 4) is 0 Å². The molecule has 4 N–H and O–H groups in total. The molecular formula is C22H49N2O3P. The van der Waals surface area contributed by atoms with Crippen molar-refractivity contribution in [3.63, 3.8) is 0 Å². The molecule has 28 heavy (non-hydrogen) atoms. The predicted octanol–water partition coefficient (Wildman–Crippen LogP) is 6.35. The summed E-state index contributed by atoms with van der Waals surface area (Å²) in [5.74, 6) is 0.